The lowest BCUT2D eigenvalue weighted by molar-refractivity contribution is 0.415. The Kier molecular flexibility index (Phi) is 4.00. The number of ether oxygens (including phenoxy) is 1. The Labute approximate surface area is 153 Å². The molecule has 0 amide bonds. The number of nitrogens with zero attached hydrogens (tertiary/aromatic N) is 2. The molecule has 0 aliphatic rings. The molecule has 27 heavy (non-hydrogen) atoms. The molecule has 0 fully saturated rings. The second-order valence-electron chi connectivity index (χ2n) is 5.91. The van der Waals surface area contributed by atoms with Gasteiger partial charge in [0, 0.05) is 11.6 Å². The highest BCUT2D eigenvalue weighted by Crippen LogP contribution is 2.36. The van der Waals surface area contributed by atoms with Crippen LogP contribution in [0.25, 0.3) is 34.2 Å². The second-order valence-corrected chi connectivity index (χ2v) is 5.91. The standard InChI is InChI=1S/C19H16N4O4/c1-10-6-14(24)17(25)18(27-10)16-15(11-4-3-5-12(7-11)26-2)22-19(23-16)13-8-20-9-21-13/h3-9,25H,1-2H3,(H,20,21)(H,22,23). The number of aromatic amines is 2. The van der Waals surface area contributed by atoms with Crippen molar-refractivity contribution in [1.29, 1.82) is 0 Å². The molecule has 0 unspecified atom stereocenters. The number of H-pyrrole nitrogens is 2. The first kappa shape index (κ1) is 16.6. The molecule has 3 heterocycles. The van der Waals surface area contributed by atoms with Crippen molar-refractivity contribution in [2.24, 2.45) is 0 Å². The Balaban J connectivity index is 1.99. The SMILES string of the molecule is COc1cccc(-c2nc(-c3cnc[nH]3)[nH]c2-c2oc(C)cc(=O)c2O)c1. The third-order valence-electron chi connectivity index (χ3n) is 4.07. The lowest BCUT2D eigenvalue weighted by atomic mass is 10.1. The van der Waals surface area contributed by atoms with Crippen LogP contribution >= 0.6 is 0 Å². The molecule has 4 rings (SSSR count). The monoisotopic (exact) mass is 364 g/mol. The molecule has 0 radical (unpaired) electrons. The zero-order chi connectivity index (χ0) is 19.0. The molecule has 8 heteroatoms. The molecule has 3 aromatic heterocycles. The first-order chi connectivity index (χ1) is 13.1. The van der Waals surface area contributed by atoms with Crippen molar-refractivity contribution >= 4 is 0 Å². The number of rotatable bonds is 4. The van der Waals surface area contributed by atoms with Gasteiger partial charge in [0.2, 0.25) is 11.2 Å². The molecule has 8 nitrogen and oxygen atoms in total. The Morgan fingerprint density at radius 1 is 1.26 bits per heavy atom. The average molecular weight is 364 g/mol. The van der Waals surface area contributed by atoms with E-state index >= 15 is 0 Å². The van der Waals surface area contributed by atoms with E-state index in [-0.39, 0.29) is 5.76 Å². The van der Waals surface area contributed by atoms with Gasteiger partial charge in [-0.1, -0.05) is 12.1 Å². The largest absolute Gasteiger partial charge is 0.501 e. The van der Waals surface area contributed by atoms with Crippen LogP contribution in [0.1, 0.15) is 5.76 Å². The number of imidazole rings is 2. The van der Waals surface area contributed by atoms with E-state index in [0.29, 0.717) is 34.4 Å². The molecular weight excluding hydrogens is 348 g/mol. The van der Waals surface area contributed by atoms with Gasteiger partial charge in [0.15, 0.2) is 11.6 Å². The number of hydrogen-bond donors (Lipinski definition) is 3. The van der Waals surface area contributed by atoms with E-state index in [1.54, 1.807) is 26.3 Å². The number of hydrogen-bond acceptors (Lipinski definition) is 6. The van der Waals surface area contributed by atoms with Gasteiger partial charge in [0.25, 0.3) is 0 Å². The summed E-state index contributed by atoms with van der Waals surface area (Å²) >= 11 is 0. The van der Waals surface area contributed by atoms with Crippen LogP contribution in [0.4, 0.5) is 0 Å². The number of benzene rings is 1. The van der Waals surface area contributed by atoms with E-state index in [1.807, 2.05) is 18.2 Å². The summed E-state index contributed by atoms with van der Waals surface area (Å²) in [5.74, 6) is 1.06. The van der Waals surface area contributed by atoms with Gasteiger partial charge in [-0.2, -0.15) is 0 Å². The fourth-order valence-corrected chi connectivity index (χ4v) is 2.80. The van der Waals surface area contributed by atoms with Crippen LogP contribution in [0.3, 0.4) is 0 Å². The van der Waals surface area contributed by atoms with Crippen molar-refractivity contribution in [3.63, 3.8) is 0 Å². The topological polar surface area (TPSA) is 117 Å². The third-order valence-corrected chi connectivity index (χ3v) is 4.07. The number of nitrogens with one attached hydrogen (secondary N) is 2. The first-order valence-electron chi connectivity index (χ1n) is 8.14. The van der Waals surface area contributed by atoms with E-state index in [1.165, 1.54) is 12.4 Å². The Morgan fingerprint density at radius 2 is 2.11 bits per heavy atom. The Bertz CT molecular complexity index is 1160. The minimum atomic E-state index is -0.525. The highest BCUT2D eigenvalue weighted by molar-refractivity contribution is 5.81. The highest BCUT2D eigenvalue weighted by atomic mass is 16.5. The zero-order valence-corrected chi connectivity index (χ0v) is 14.6. The summed E-state index contributed by atoms with van der Waals surface area (Å²) in [6, 6.07) is 8.53. The van der Waals surface area contributed by atoms with Crippen LogP contribution in [0, 0.1) is 6.92 Å². The van der Waals surface area contributed by atoms with E-state index in [0.717, 1.165) is 5.56 Å². The quantitative estimate of drug-likeness (QED) is 0.512. The van der Waals surface area contributed by atoms with Crippen molar-refractivity contribution in [2.75, 3.05) is 7.11 Å². The summed E-state index contributed by atoms with van der Waals surface area (Å²) in [6.07, 6.45) is 3.15. The number of aromatic nitrogens is 4. The van der Waals surface area contributed by atoms with E-state index in [4.69, 9.17) is 9.15 Å². The molecule has 0 saturated carbocycles. The molecule has 1 aromatic carbocycles. The molecule has 136 valence electrons. The maximum Gasteiger partial charge on any atom is 0.227 e. The van der Waals surface area contributed by atoms with Crippen LogP contribution in [-0.2, 0) is 0 Å². The maximum absolute atomic E-state index is 12.0. The zero-order valence-electron chi connectivity index (χ0n) is 14.6. The van der Waals surface area contributed by atoms with E-state index in [2.05, 4.69) is 19.9 Å². The van der Waals surface area contributed by atoms with Gasteiger partial charge in [-0.25, -0.2) is 9.97 Å². The average Bonchev–Trinajstić information content (AvgIpc) is 3.34. The summed E-state index contributed by atoms with van der Waals surface area (Å²) in [5.41, 5.74) is 1.74. The summed E-state index contributed by atoms with van der Waals surface area (Å²) in [5, 5.41) is 10.3. The smallest absolute Gasteiger partial charge is 0.227 e. The lowest BCUT2D eigenvalue weighted by Gasteiger charge is -2.06. The Morgan fingerprint density at radius 3 is 2.85 bits per heavy atom. The van der Waals surface area contributed by atoms with Crippen LogP contribution in [0.15, 0.2) is 52.1 Å². The van der Waals surface area contributed by atoms with Crippen LogP contribution in [0.5, 0.6) is 11.5 Å². The van der Waals surface area contributed by atoms with Crippen molar-refractivity contribution in [3.8, 4) is 45.7 Å². The molecule has 0 saturated heterocycles. The van der Waals surface area contributed by atoms with Gasteiger partial charge < -0.3 is 24.2 Å². The van der Waals surface area contributed by atoms with Gasteiger partial charge in [-0.05, 0) is 19.1 Å². The van der Waals surface area contributed by atoms with Crippen LogP contribution in [-0.4, -0.2) is 32.2 Å². The van der Waals surface area contributed by atoms with Crippen LogP contribution < -0.4 is 10.2 Å². The van der Waals surface area contributed by atoms with Crippen molar-refractivity contribution in [2.45, 2.75) is 6.92 Å². The molecular formula is C19H16N4O4. The fourth-order valence-electron chi connectivity index (χ4n) is 2.80. The molecule has 4 aromatic rings. The molecule has 0 spiro atoms. The summed E-state index contributed by atoms with van der Waals surface area (Å²) in [4.78, 5) is 26.7. The number of aromatic hydroxyl groups is 1. The second kappa shape index (κ2) is 6.49. The van der Waals surface area contributed by atoms with Gasteiger partial charge in [0.05, 0.1) is 19.6 Å². The third kappa shape index (κ3) is 2.97. The predicted molar refractivity (Wildman–Crippen MR) is 98.5 cm³/mol. The molecule has 3 N–H and O–H groups in total. The van der Waals surface area contributed by atoms with Gasteiger partial charge in [-0.3, -0.25) is 4.79 Å². The summed E-state index contributed by atoms with van der Waals surface area (Å²) in [7, 11) is 1.58. The molecule has 0 atom stereocenters. The van der Waals surface area contributed by atoms with Crippen molar-refractivity contribution in [3.05, 3.63) is 58.8 Å². The minimum Gasteiger partial charge on any atom is -0.501 e. The van der Waals surface area contributed by atoms with Gasteiger partial charge >= 0.3 is 0 Å². The Hall–Kier alpha value is -3.81. The molecule has 0 bridgehead atoms. The van der Waals surface area contributed by atoms with Crippen LogP contribution in [0.2, 0.25) is 0 Å². The van der Waals surface area contributed by atoms with Crippen molar-refractivity contribution < 1.29 is 14.3 Å². The van der Waals surface area contributed by atoms with E-state index in [9.17, 15) is 9.90 Å². The number of aryl methyl sites for hydroxylation is 1. The first-order valence-corrected chi connectivity index (χ1v) is 8.14. The minimum absolute atomic E-state index is 0.0242. The summed E-state index contributed by atoms with van der Waals surface area (Å²) < 4.78 is 10.9. The van der Waals surface area contributed by atoms with Gasteiger partial charge in [-0.15, -0.1) is 0 Å². The molecule has 0 aliphatic carbocycles. The fraction of sp³-hybridized carbons (Fsp3) is 0.105. The summed E-state index contributed by atoms with van der Waals surface area (Å²) in [6.45, 7) is 1.64. The number of methoxy groups -OCH3 is 1. The lowest BCUT2D eigenvalue weighted by Crippen LogP contribution is -2.01. The predicted octanol–water partition coefficient (Wildman–Crippen LogP) is 3.11. The van der Waals surface area contributed by atoms with Crippen molar-refractivity contribution in [1.82, 2.24) is 19.9 Å². The van der Waals surface area contributed by atoms with Gasteiger partial charge in [0.1, 0.15) is 28.6 Å². The normalized spacial score (nSPS) is 10.9. The van der Waals surface area contributed by atoms with E-state index < -0.39 is 11.2 Å². The molecule has 0 aliphatic heterocycles. The maximum atomic E-state index is 12.0. The highest BCUT2D eigenvalue weighted by Gasteiger charge is 2.22.